The lowest BCUT2D eigenvalue weighted by Gasteiger charge is -2.28. The van der Waals surface area contributed by atoms with Gasteiger partial charge in [0, 0.05) is 12.5 Å². The van der Waals surface area contributed by atoms with Crippen LogP contribution in [0.2, 0.25) is 5.02 Å². The SMILES string of the molecule is COc1cc(OC)c(NC(=O)CC(C)C2CCCNC2)cc1Cl. The summed E-state index contributed by atoms with van der Waals surface area (Å²) in [5.74, 6) is 1.91. The maximum Gasteiger partial charge on any atom is 0.224 e. The summed E-state index contributed by atoms with van der Waals surface area (Å²) in [5, 5.41) is 6.73. The van der Waals surface area contributed by atoms with E-state index in [2.05, 4.69) is 17.6 Å². The van der Waals surface area contributed by atoms with Crippen molar-refractivity contribution in [1.29, 1.82) is 0 Å². The van der Waals surface area contributed by atoms with Crippen molar-refractivity contribution >= 4 is 23.2 Å². The number of rotatable bonds is 6. The average molecular weight is 341 g/mol. The Bertz CT molecular complexity index is 545. The fourth-order valence-electron chi connectivity index (χ4n) is 2.98. The van der Waals surface area contributed by atoms with E-state index in [9.17, 15) is 4.79 Å². The molecule has 1 aliphatic rings. The van der Waals surface area contributed by atoms with Crippen molar-refractivity contribution in [3.63, 3.8) is 0 Å². The van der Waals surface area contributed by atoms with Crippen molar-refractivity contribution in [3.8, 4) is 11.5 Å². The third-order valence-corrected chi connectivity index (χ3v) is 4.69. The molecule has 0 bridgehead atoms. The number of anilines is 1. The first kappa shape index (κ1) is 17.9. The van der Waals surface area contributed by atoms with E-state index in [0.717, 1.165) is 13.1 Å². The standard InChI is InChI=1S/C17H25ClN2O3/c1-11(12-5-4-6-19-10-12)7-17(21)20-14-8-13(18)15(22-2)9-16(14)23-3/h8-9,11-12,19H,4-7,10H2,1-3H3,(H,20,21). The third kappa shape index (κ3) is 4.75. The zero-order valence-corrected chi connectivity index (χ0v) is 14.7. The summed E-state index contributed by atoms with van der Waals surface area (Å²) < 4.78 is 10.5. The van der Waals surface area contributed by atoms with Crippen molar-refractivity contribution in [2.45, 2.75) is 26.2 Å². The summed E-state index contributed by atoms with van der Waals surface area (Å²) in [4.78, 5) is 12.3. The molecule has 1 aromatic carbocycles. The monoisotopic (exact) mass is 340 g/mol. The normalized spacial score (nSPS) is 19.0. The molecule has 1 heterocycles. The lowest BCUT2D eigenvalue weighted by molar-refractivity contribution is -0.117. The van der Waals surface area contributed by atoms with Gasteiger partial charge in [-0.3, -0.25) is 4.79 Å². The Labute approximate surface area is 142 Å². The minimum absolute atomic E-state index is 0.0254. The van der Waals surface area contributed by atoms with Crippen LogP contribution in [-0.2, 0) is 4.79 Å². The van der Waals surface area contributed by atoms with E-state index >= 15 is 0 Å². The highest BCUT2D eigenvalue weighted by atomic mass is 35.5. The predicted octanol–water partition coefficient (Wildman–Crippen LogP) is 3.32. The Morgan fingerprint density at radius 3 is 2.74 bits per heavy atom. The molecule has 2 rings (SSSR count). The van der Waals surface area contributed by atoms with Gasteiger partial charge in [-0.05, 0) is 43.8 Å². The summed E-state index contributed by atoms with van der Waals surface area (Å²) in [6, 6.07) is 3.33. The maximum atomic E-state index is 12.3. The minimum atomic E-state index is -0.0254. The van der Waals surface area contributed by atoms with Crippen molar-refractivity contribution in [2.75, 3.05) is 32.6 Å². The second-order valence-corrected chi connectivity index (χ2v) is 6.43. The number of hydrogen-bond acceptors (Lipinski definition) is 4. The van der Waals surface area contributed by atoms with Gasteiger partial charge in [0.15, 0.2) is 0 Å². The Kier molecular flexibility index (Phi) is 6.54. The van der Waals surface area contributed by atoms with E-state index in [-0.39, 0.29) is 5.91 Å². The van der Waals surface area contributed by atoms with Crippen LogP contribution in [-0.4, -0.2) is 33.2 Å². The summed E-state index contributed by atoms with van der Waals surface area (Å²) in [6.07, 6.45) is 2.84. The van der Waals surface area contributed by atoms with Crippen molar-refractivity contribution in [3.05, 3.63) is 17.2 Å². The van der Waals surface area contributed by atoms with E-state index in [1.165, 1.54) is 12.8 Å². The molecule has 1 saturated heterocycles. The Balaban J connectivity index is 2.00. The Morgan fingerprint density at radius 2 is 2.13 bits per heavy atom. The van der Waals surface area contributed by atoms with Crippen molar-refractivity contribution < 1.29 is 14.3 Å². The molecule has 0 saturated carbocycles. The molecule has 23 heavy (non-hydrogen) atoms. The molecule has 1 amide bonds. The molecule has 0 radical (unpaired) electrons. The number of carbonyl (C=O) groups is 1. The molecule has 0 aromatic heterocycles. The van der Waals surface area contributed by atoms with Crippen LogP contribution in [0.1, 0.15) is 26.2 Å². The van der Waals surface area contributed by atoms with Gasteiger partial charge in [0.2, 0.25) is 5.91 Å². The number of amides is 1. The molecule has 1 aliphatic heterocycles. The first-order valence-electron chi connectivity index (χ1n) is 7.97. The van der Waals surface area contributed by atoms with Gasteiger partial charge in [0.05, 0.1) is 24.9 Å². The van der Waals surface area contributed by atoms with Crippen LogP contribution in [0.5, 0.6) is 11.5 Å². The molecule has 6 heteroatoms. The lowest BCUT2D eigenvalue weighted by Crippen LogP contribution is -2.34. The molecule has 5 nitrogen and oxygen atoms in total. The molecular formula is C17H25ClN2O3. The quantitative estimate of drug-likeness (QED) is 0.834. The van der Waals surface area contributed by atoms with Crippen molar-refractivity contribution in [2.24, 2.45) is 11.8 Å². The van der Waals surface area contributed by atoms with E-state index in [1.807, 2.05) is 0 Å². The highest BCUT2D eigenvalue weighted by Gasteiger charge is 2.22. The van der Waals surface area contributed by atoms with Gasteiger partial charge >= 0.3 is 0 Å². The molecule has 1 fully saturated rings. The second kappa shape index (κ2) is 8.41. The van der Waals surface area contributed by atoms with Crippen LogP contribution in [0, 0.1) is 11.8 Å². The van der Waals surface area contributed by atoms with Crippen LogP contribution in [0.3, 0.4) is 0 Å². The fourth-order valence-corrected chi connectivity index (χ4v) is 3.22. The highest BCUT2D eigenvalue weighted by molar-refractivity contribution is 6.32. The lowest BCUT2D eigenvalue weighted by atomic mass is 9.85. The second-order valence-electron chi connectivity index (χ2n) is 6.02. The van der Waals surface area contributed by atoms with Gasteiger partial charge in [-0.1, -0.05) is 18.5 Å². The van der Waals surface area contributed by atoms with Crippen LogP contribution >= 0.6 is 11.6 Å². The summed E-state index contributed by atoms with van der Waals surface area (Å²) in [5.41, 5.74) is 0.567. The van der Waals surface area contributed by atoms with Crippen LogP contribution in [0.15, 0.2) is 12.1 Å². The average Bonchev–Trinajstić information content (AvgIpc) is 2.55. The van der Waals surface area contributed by atoms with E-state index in [4.69, 9.17) is 21.1 Å². The highest BCUT2D eigenvalue weighted by Crippen LogP contribution is 2.36. The third-order valence-electron chi connectivity index (χ3n) is 4.40. The molecule has 0 spiro atoms. The minimum Gasteiger partial charge on any atom is -0.495 e. The number of hydrogen-bond donors (Lipinski definition) is 2. The number of benzene rings is 1. The van der Waals surface area contributed by atoms with Gasteiger partial charge in [0.1, 0.15) is 11.5 Å². The molecule has 0 aliphatic carbocycles. The predicted molar refractivity (Wildman–Crippen MR) is 92.6 cm³/mol. The summed E-state index contributed by atoms with van der Waals surface area (Å²) in [6.45, 7) is 4.21. The van der Waals surface area contributed by atoms with Gasteiger partial charge in [-0.2, -0.15) is 0 Å². The van der Waals surface area contributed by atoms with Gasteiger partial charge in [0.25, 0.3) is 0 Å². The van der Waals surface area contributed by atoms with Crippen LogP contribution < -0.4 is 20.1 Å². The zero-order valence-electron chi connectivity index (χ0n) is 13.9. The molecule has 2 N–H and O–H groups in total. The zero-order chi connectivity index (χ0) is 16.8. The van der Waals surface area contributed by atoms with E-state index in [0.29, 0.717) is 40.5 Å². The number of methoxy groups -OCH3 is 2. The number of ether oxygens (including phenoxy) is 2. The van der Waals surface area contributed by atoms with E-state index in [1.54, 1.807) is 26.4 Å². The van der Waals surface area contributed by atoms with Crippen molar-refractivity contribution in [1.82, 2.24) is 5.32 Å². The van der Waals surface area contributed by atoms with Crippen LogP contribution in [0.4, 0.5) is 5.69 Å². The molecule has 1 aromatic rings. The molecule has 2 unspecified atom stereocenters. The number of carbonyl (C=O) groups excluding carboxylic acids is 1. The number of piperidine rings is 1. The Morgan fingerprint density at radius 1 is 1.39 bits per heavy atom. The van der Waals surface area contributed by atoms with Gasteiger partial charge in [-0.15, -0.1) is 0 Å². The number of nitrogens with one attached hydrogen (secondary N) is 2. The maximum absolute atomic E-state index is 12.3. The first-order valence-corrected chi connectivity index (χ1v) is 8.35. The largest absolute Gasteiger partial charge is 0.495 e. The molecular weight excluding hydrogens is 316 g/mol. The fraction of sp³-hybridized carbons (Fsp3) is 0.588. The molecule has 128 valence electrons. The van der Waals surface area contributed by atoms with Gasteiger partial charge in [-0.25, -0.2) is 0 Å². The first-order chi connectivity index (χ1) is 11.0. The summed E-state index contributed by atoms with van der Waals surface area (Å²) in [7, 11) is 3.09. The smallest absolute Gasteiger partial charge is 0.224 e. The van der Waals surface area contributed by atoms with E-state index < -0.39 is 0 Å². The van der Waals surface area contributed by atoms with Crippen LogP contribution in [0.25, 0.3) is 0 Å². The van der Waals surface area contributed by atoms with Gasteiger partial charge < -0.3 is 20.1 Å². The molecule has 2 atom stereocenters. The number of halogens is 1. The topological polar surface area (TPSA) is 59.6 Å². The summed E-state index contributed by atoms with van der Waals surface area (Å²) >= 11 is 6.13. The Hall–Kier alpha value is -1.46.